The van der Waals surface area contributed by atoms with E-state index in [1.807, 2.05) is 6.07 Å². The summed E-state index contributed by atoms with van der Waals surface area (Å²) in [7, 11) is 1.48. The van der Waals surface area contributed by atoms with E-state index in [0.717, 1.165) is 10.9 Å². The van der Waals surface area contributed by atoms with Crippen molar-refractivity contribution < 1.29 is 9.13 Å². The molecule has 0 aliphatic heterocycles. The van der Waals surface area contributed by atoms with Crippen LogP contribution < -0.4 is 4.74 Å². The van der Waals surface area contributed by atoms with Crippen LogP contribution in [-0.4, -0.2) is 12.1 Å². The van der Waals surface area contributed by atoms with Crippen molar-refractivity contribution in [3.8, 4) is 5.75 Å². The third-order valence-electron chi connectivity index (χ3n) is 3.54. The van der Waals surface area contributed by atoms with Crippen molar-refractivity contribution in [3.05, 3.63) is 29.7 Å². The van der Waals surface area contributed by atoms with Gasteiger partial charge in [-0.1, -0.05) is 6.92 Å². The average Bonchev–Trinajstić information content (AvgIpc) is 2.88. The maximum absolute atomic E-state index is 13.5. The Morgan fingerprint density at radius 1 is 1.31 bits per heavy atom. The van der Waals surface area contributed by atoms with Gasteiger partial charge in [-0.15, -0.1) is 0 Å². The van der Waals surface area contributed by atoms with Crippen molar-refractivity contribution in [2.24, 2.45) is 0 Å². The lowest BCUT2D eigenvalue weighted by Crippen LogP contribution is -1.98. The van der Waals surface area contributed by atoms with E-state index in [0.29, 0.717) is 5.75 Å². The molecule has 0 amide bonds. The Labute approximate surface area is 93.4 Å². The highest BCUT2D eigenvalue weighted by molar-refractivity contribution is 5.82. The molecule has 2 nitrogen and oxygen atoms in total. The number of methoxy groups -OCH3 is 1. The van der Waals surface area contributed by atoms with Crippen LogP contribution in [0.15, 0.2) is 18.2 Å². The predicted molar refractivity (Wildman–Crippen MR) is 61.4 cm³/mol. The number of aromatic amines is 1. The quantitative estimate of drug-likeness (QED) is 0.823. The summed E-state index contributed by atoms with van der Waals surface area (Å²) >= 11 is 0. The lowest BCUT2D eigenvalue weighted by atomic mass is 10.1. The van der Waals surface area contributed by atoms with Crippen molar-refractivity contribution >= 4 is 10.9 Å². The van der Waals surface area contributed by atoms with Crippen LogP contribution in [0.2, 0.25) is 0 Å². The van der Waals surface area contributed by atoms with Gasteiger partial charge in [0.2, 0.25) is 0 Å². The highest BCUT2D eigenvalue weighted by Crippen LogP contribution is 2.47. The second-order valence-corrected chi connectivity index (χ2v) is 4.82. The maximum atomic E-state index is 13.5. The van der Waals surface area contributed by atoms with Crippen LogP contribution in [0.4, 0.5) is 4.39 Å². The number of benzene rings is 1. The molecule has 1 aliphatic carbocycles. The highest BCUT2D eigenvalue weighted by atomic mass is 19.1. The Kier molecular flexibility index (Phi) is 1.82. The van der Waals surface area contributed by atoms with Crippen LogP contribution in [-0.2, 0) is 5.41 Å². The molecule has 0 radical (unpaired) electrons. The molecule has 0 spiro atoms. The summed E-state index contributed by atoms with van der Waals surface area (Å²) in [6, 6.07) is 5.30. The molecule has 1 fully saturated rings. The molecule has 1 aliphatic rings. The summed E-state index contributed by atoms with van der Waals surface area (Å²) in [5.41, 5.74) is 2.43. The fourth-order valence-electron chi connectivity index (χ4n) is 2.07. The van der Waals surface area contributed by atoms with Gasteiger partial charge in [-0.2, -0.15) is 0 Å². The smallest absolute Gasteiger partial charge is 0.165 e. The fraction of sp³-hybridized carbons (Fsp3) is 0.385. The van der Waals surface area contributed by atoms with E-state index in [2.05, 4.69) is 11.9 Å². The van der Waals surface area contributed by atoms with Gasteiger partial charge in [0.1, 0.15) is 0 Å². The first kappa shape index (κ1) is 9.70. The molecule has 1 saturated carbocycles. The fourth-order valence-corrected chi connectivity index (χ4v) is 2.07. The van der Waals surface area contributed by atoms with E-state index in [4.69, 9.17) is 4.74 Å². The first-order valence-electron chi connectivity index (χ1n) is 5.49. The van der Waals surface area contributed by atoms with Crippen LogP contribution >= 0.6 is 0 Å². The molecule has 16 heavy (non-hydrogen) atoms. The second kappa shape index (κ2) is 3.00. The number of halogens is 1. The SMILES string of the molecule is COc1cc2[nH]c(C3(C)CC3)cc2cc1F. The number of ether oxygens (including phenoxy) is 1. The Morgan fingerprint density at radius 3 is 2.69 bits per heavy atom. The number of nitrogens with one attached hydrogen (secondary N) is 1. The molecule has 2 aromatic rings. The summed E-state index contributed by atoms with van der Waals surface area (Å²) in [6.45, 7) is 2.23. The first-order valence-corrected chi connectivity index (χ1v) is 5.49. The van der Waals surface area contributed by atoms with Gasteiger partial charge < -0.3 is 9.72 Å². The second-order valence-electron chi connectivity index (χ2n) is 4.82. The lowest BCUT2D eigenvalue weighted by molar-refractivity contribution is 0.387. The first-order chi connectivity index (χ1) is 7.62. The van der Waals surface area contributed by atoms with Crippen LogP contribution in [0.25, 0.3) is 10.9 Å². The van der Waals surface area contributed by atoms with Crippen molar-refractivity contribution in [2.75, 3.05) is 7.11 Å². The molecular weight excluding hydrogens is 205 g/mol. The van der Waals surface area contributed by atoms with Crippen molar-refractivity contribution in [1.29, 1.82) is 0 Å². The lowest BCUT2D eigenvalue weighted by Gasteiger charge is -2.03. The third-order valence-corrected chi connectivity index (χ3v) is 3.54. The molecule has 0 atom stereocenters. The summed E-state index contributed by atoms with van der Waals surface area (Å²) in [5.74, 6) is -0.0108. The molecule has 84 valence electrons. The number of hydrogen-bond acceptors (Lipinski definition) is 1. The Morgan fingerprint density at radius 2 is 2.06 bits per heavy atom. The van der Waals surface area contributed by atoms with Gasteiger partial charge in [0.05, 0.1) is 7.11 Å². The third kappa shape index (κ3) is 1.31. The molecular formula is C13H14FNO. The molecule has 3 heteroatoms. The monoisotopic (exact) mass is 219 g/mol. The zero-order valence-electron chi connectivity index (χ0n) is 9.43. The normalized spacial score (nSPS) is 17.7. The van der Waals surface area contributed by atoms with E-state index in [1.165, 1.54) is 31.7 Å². The molecule has 1 aromatic carbocycles. The Hall–Kier alpha value is -1.51. The predicted octanol–water partition coefficient (Wildman–Crippen LogP) is 3.37. The molecule has 0 unspecified atom stereocenters. The van der Waals surface area contributed by atoms with E-state index < -0.39 is 0 Å². The van der Waals surface area contributed by atoms with Gasteiger partial charge in [0.15, 0.2) is 11.6 Å². The number of H-pyrrole nitrogens is 1. The summed E-state index contributed by atoms with van der Waals surface area (Å²) in [5, 5.41) is 0.918. The summed E-state index contributed by atoms with van der Waals surface area (Å²) in [4.78, 5) is 3.35. The van der Waals surface area contributed by atoms with E-state index in [9.17, 15) is 4.39 Å². The van der Waals surface area contributed by atoms with E-state index in [1.54, 1.807) is 6.07 Å². The molecule has 0 saturated heterocycles. The minimum absolute atomic E-state index is 0.280. The molecule has 1 heterocycles. The molecule has 3 rings (SSSR count). The van der Waals surface area contributed by atoms with Crippen molar-refractivity contribution in [2.45, 2.75) is 25.2 Å². The minimum Gasteiger partial charge on any atom is -0.494 e. The van der Waals surface area contributed by atoms with Gasteiger partial charge in [-0.3, -0.25) is 0 Å². The van der Waals surface area contributed by atoms with E-state index in [-0.39, 0.29) is 11.2 Å². The highest BCUT2D eigenvalue weighted by Gasteiger charge is 2.40. The standard InChI is InChI=1S/C13H14FNO/c1-13(3-4-13)12-6-8-5-9(14)11(16-2)7-10(8)15-12/h5-7,15H,3-4H2,1-2H3. The van der Waals surface area contributed by atoms with Crippen LogP contribution in [0.1, 0.15) is 25.5 Å². The maximum Gasteiger partial charge on any atom is 0.165 e. The zero-order chi connectivity index (χ0) is 11.3. The Balaban J connectivity index is 2.17. The Bertz CT molecular complexity index is 554. The zero-order valence-corrected chi connectivity index (χ0v) is 9.43. The van der Waals surface area contributed by atoms with Gasteiger partial charge in [0.25, 0.3) is 0 Å². The minimum atomic E-state index is -0.304. The average molecular weight is 219 g/mol. The van der Waals surface area contributed by atoms with Gasteiger partial charge in [-0.05, 0) is 25.0 Å². The number of fused-ring (bicyclic) bond motifs is 1. The number of rotatable bonds is 2. The topological polar surface area (TPSA) is 25.0 Å². The van der Waals surface area contributed by atoms with Crippen LogP contribution in [0.5, 0.6) is 5.75 Å². The molecule has 1 N–H and O–H groups in total. The van der Waals surface area contributed by atoms with Crippen molar-refractivity contribution in [3.63, 3.8) is 0 Å². The molecule has 1 aromatic heterocycles. The van der Waals surface area contributed by atoms with Gasteiger partial charge >= 0.3 is 0 Å². The van der Waals surface area contributed by atoms with Gasteiger partial charge in [-0.25, -0.2) is 4.39 Å². The largest absolute Gasteiger partial charge is 0.494 e. The molecule has 0 bridgehead atoms. The van der Waals surface area contributed by atoms with Gasteiger partial charge in [0, 0.05) is 28.1 Å². The van der Waals surface area contributed by atoms with Crippen LogP contribution in [0.3, 0.4) is 0 Å². The number of aromatic nitrogens is 1. The van der Waals surface area contributed by atoms with Crippen LogP contribution in [0, 0.1) is 5.82 Å². The number of hydrogen-bond donors (Lipinski definition) is 1. The van der Waals surface area contributed by atoms with Crippen molar-refractivity contribution in [1.82, 2.24) is 4.98 Å². The summed E-state index contributed by atoms with van der Waals surface area (Å²) < 4.78 is 18.5. The summed E-state index contributed by atoms with van der Waals surface area (Å²) in [6.07, 6.45) is 2.42. The van der Waals surface area contributed by atoms with E-state index >= 15 is 0 Å².